The molecule has 1 unspecified atom stereocenters. The summed E-state index contributed by atoms with van der Waals surface area (Å²) < 4.78 is 15.5. The Labute approximate surface area is 205 Å². The molecule has 0 amide bonds. The number of aromatic nitrogens is 2. The smallest absolute Gasteiger partial charge is 0.306 e. The van der Waals surface area contributed by atoms with E-state index in [0.717, 1.165) is 39.6 Å². The Morgan fingerprint density at radius 1 is 1.06 bits per heavy atom. The normalized spacial score (nSPS) is 12.1. The van der Waals surface area contributed by atoms with Crippen molar-refractivity contribution in [2.45, 2.75) is 39.0 Å². The molecular weight excluding hydrogens is 442 g/mol. The number of fused-ring (bicyclic) bond motifs is 3. The third-order valence-electron chi connectivity index (χ3n) is 6.05. The van der Waals surface area contributed by atoms with E-state index in [2.05, 4.69) is 35.1 Å². The number of methoxy groups -OCH3 is 1. The van der Waals surface area contributed by atoms with Gasteiger partial charge in [-0.25, -0.2) is 4.98 Å². The van der Waals surface area contributed by atoms with Gasteiger partial charge in [0.15, 0.2) is 12.6 Å². The maximum atomic E-state index is 11.7. The van der Waals surface area contributed by atoms with Crippen molar-refractivity contribution in [3.8, 4) is 5.75 Å². The lowest BCUT2D eigenvalue weighted by Crippen LogP contribution is -2.05. The summed E-state index contributed by atoms with van der Waals surface area (Å²) in [6.45, 7) is 4.63. The first-order chi connectivity index (χ1) is 17.0. The van der Waals surface area contributed by atoms with Gasteiger partial charge in [0.2, 0.25) is 0 Å². The molecular formula is C28H31N3O4. The van der Waals surface area contributed by atoms with Gasteiger partial charge in [0.05, 0.1) is 12.1 Å². The number of hydrogen-bond donors (Lipinski definition) is 1. The molecule has 2 aromatic carbocycles. The summed E-state index contributed by atoms with van der Waals surface area (Å²) in [4.78, 5) is 21.0. The highest BCUT2D eigenvalue weighted by Crippen LogP contribution is 2.31. The number of esters is 1. The summed E-state index contributed by atoms with van der Waals surface area (Å²) >= 11 is 0. The molecule has 0 saturated carbocycles. The lowest BCUT2D eigenvalue weighted by molar-refractivity contribution is -0.143. The number of nitrogens with two attached hydrogens (primary N) is 1. The zero-order chi connectivity index (χ0) is 24.8. The van der Waals surface area contributed by atoms with Crippen molar-refractivity contribution in [3.05, 3.63) is 71.4 Å². The molecule has 7 nitrogen and oxygen atoms in total. The van der Waals surface area contributed by atoms with Gasteiger partial charge < -0.3 is 19.9 Å². The number of aryl methyl sites for hydroxylation is 1. The number of hydrogen-bond acceptors (Lipinski definition) is 7. The highest BCUT2D eigenvalue weighted by atomic mass is 16.7. The minimum Gasteiger partial charge on any atom is -0.468 e. The van der Waals surface area contributed by atoms with Crippen molar-refractivity contribution in [2.24, 2.45) is 0 Å². The summed E-state index contributed by atoms with van der Waals surface area (Å²) in [5, 5.41) is 1.98. The zero-order valence-corrected chi connectivity index (χ0v) is 20.4. The number of carbonyl (C=O) groups excluding carboxylic acids is 1. The first-order valence-corrected chi connectivity index (χ1v) is 11.8. The maximum Gasteiger partial charge on any atom is 0.306 e. The average molecular weight is 474 g/mol. The van der Waals surface area contributed by atoms with Crippen molar-refractivity contribution in [3.63, 3.8) is 0 Å². The summed E-state index contributed by atoms with van der Waals surface area (Å²) in [5.41, 5.74) is 11.1. The molecule has 0 radical (unpaired) electrons. The topological polar surface area (TPSA) is 96.6 Å². The largest absolute Gasteiger partial charge is 0.468 e. The van der Waals surface area contributed by atoms with Crippen LogP contribution in [0, 0.1) is 0 Å². The van der Waals surface area contributed by atoms with Crippen molar-refractivity contribution < 1.29 is 19.0 Å². The van der Waals surface area contributed by atoms with Gasteiger partial charge in [-0.15, -0.1) is 0 Å². The van der Waals surface area contributed by atoms with E-state index in [4.69, 9.17) is 19.9 Å². The molecule has 1 atom stereocenters. The van der Waals surface area contributed by atoms with E-state index in [9.17, 15) is 4.79 Å². The molecule has 4 aromatic rings. The first kappa shape index (κ1) is 24.4. The molecule has 2 N–H and O–H groups in total. The number of pyridine rings is 2. The molecule has 0 bridgehead atoms. The maximum absolute atomic E-state index is 11.7. The van der Waals surface area contributed by atoms with E-state index in [1.54, 1.807) is 7.11 Å². The Bertz CT molecular complexity index is 1320. The molecule has 0 aliphatic heterocycles. The van der Waals surface area contributed by atoms with Crippen LogP contribution in [0.4, 0.5) is 5.82 Å². The number of anilines is 1. The van der Waals surface area contributed by atoms with Crippen LogP contribution < -0.4 is 10.5 Å². The summed E-state index contributed by atoms with van der Waals surface area (Å²) in [6.07, 6.45) is 3.69. The first-order valence-electron chi connectivity index (χ1n) is 11.8. The van der Waals surface area contributed by atoms with Crippen LogP contribution in [0.5, 0.6) is 5.75 Å². The fourth-order valence-electron chi connectivity index (χ4n) is 4.20. The molecule has 182 valence electrons. The number of nitrogen functional groups attached to an aromatic ring is 1. The van der Waals surface area contributed by atoms with Crippen molar-refractivity contribution in [1.82, 2.24) is 9.97 Å². The SMILES string of the molecule is CCOC(=O)CCc1ccc2c(c1)nc(N)c1ncc(C(C)Cc3ccc(OCOC)cc3)cc12. The third kappa shape index (κ3) is 5.87. The standard InChI is InChI=1S/C28H31N3O4/c1-4-34-26(32)12-8-20-7-11-23-24-15-21(16-30-27(24)28(29)31-25(23)14-20)18(2)13-19-5-9-22(10-6-19)35-17-33-3/h5-7,9-11,14-16,18H,4,8,12-13,17H2,1-3H3,(H2,29,31). The molecule has 0 fully saturated rings. The summed E-state index contributed by atoms with van der Waals surface area (Å²) in [6, 6.07) is 16.3. The molecule has 35 heavy (non-hydrogen) atoms. The van der Waals surface area contributed by atoms with E-state index >= 15 is 0 Å². The van der Waals surface area contributed by atoms with Crippen molar-refractivity contribution in [2.75, 3.05) is 26.2 Å². The van der Waals surface area contributed by atoms with Crippen LogP contribution >= 0.6 is 0 Å². The van der Waals surface area contributed by atoms with Crippen LogP contribution in [0.1, 0.15) is 42.9 Å². The monoisotopic (exact) mass is 473 g/mol. The van der Waals surface area contributed by atoms with Crippen LogP contribution in [-0.2, 0) is 27.1 Å². The molecule has 0 aliphatic carbocycles. The number of nitrogens with zero attached hydrogens (tertiary/aromatic N) is 2. The van der Waals surface area contributed by atoms with Gasteiger partial charge in [0.25, 0.3) is 0 Å². The highest BCUT2D eigenvalue weighted by Gasteiger charge is 2.14. The molecule has 7 heteroatoms. The van der Waals surface area contributed by atoms with Gasteiger partial charge in [-0.1, -0.05) is 31.2 Å². The number of benzene rings is 2. The van der Waals surface area contributed by atoms with Gasteiger partial charge in [0, 0.05) is 30.5 Å². The zero-order valence-electron chi connectivity index (χ0n) is 20.4. The van der Waals surface area contributed by atoms with E-state index in [-0.39, 0.29) is 18.7 Å². The van der Waals surface area contributed by atoms with Gasteiger partial charge in [-0.05, 0) is 66.6 Å². The van der Waals surface area contributed by atoms with E-state index in [1.165, 1.54) is 5.56 Å². The average Bonchev–Trinajstić information content (AvgIpc) is 2.87. The van der Waals surface area contributed by atoms with E-state index in [0.29, 0.717) is 30.8 Å². The number of ether oxygens (including phenoxy) is 3. The molecule has 0 aliphatic rings. The highest BCUT2D eigenvalue weighted by molar-refractivity contribution is 6.08. The Morgan fingerprint density at radius 2 is 1.83 bits per heavy atom. The minimum absolute atomic E-state index is 0.196. The van der Waals surface area contributed by atoms with Crippen LogP contribution in [0.15, 0.2) is 54.7 Å². The molecule has 2 heterocycles. The van der Waals surface area contributed by atoms with Crippen LogP contribution in [0.3, 0.4) is 0 Å². The second-order valence-electron chi connectivity index (χ2n) is 8.62. The molecule has 0 saturated heterocycles. The van der Waals surface area contributed by atoms with E-state index in [1.807, 2.05) is 43.5 Å². The minimum atomic E-state index is -0.196. The van der Waals surface area contributed by atoms with E-state index < -0.39 is 0 Å². The molecule has 4 rings (SSSR count). The Morgan fingerprint density at radius 3 is 2.57 bits per heavy atom. The van der Waals surface area contributed by atoms with Crippen molar-refractivity contribution >= 4 is 33.6 Å². The van der Waals surface area contributed by atoms with Crippen LogP contribution in [0.25, 0.3) is 21.8 Å². The fourth-order valence-corrected chi connectivity index (χ4v) is 4.20. The van der Waals surface area contributed by atoms with Gasteiger partial charge in [-0.2, -0.15) is 0 Å². The Kier molecular flexibility index (Phi) is 7.77. The molecule has 0 spiro atoms. The Hall–Kier alpha value is -3.71. The Balaban J connectivity index is 1.57. The summed E-state index contributed by atoms with van der Waals surface area (Å²) in [5.74, 6) is 1.25. The van der Waals surface area contributed by atoms with Gasteiger partial charge >= 0.3 is 5.97 Å². The predicted octanol–water partition coefficient (Wildman–Crippen LogP) is 5.19. The van der Waals surface area contributed by atoms with Gasteiger partial charge in [0.1, 0.15) is 11.3 Å². The second-order valence-corrected chi connectivity index (χ2v) is 8.62. The predicted molar refractivity (Wildman–Crippen MR) is 137 cm³/mol. The lowest BCUT2D eigenvalue weighted by Gasteiger charge is -2.15. The second kappa shape index (κ2) is 11.1. The quantitative estimate of drug-likeness (QED) is 0.192. The summed E-state index contributed by atoms with van der Waals surface area (Å²) in [7, 11) is 1.60. The fraction of sp³-hybridized carbons (Fsp3) is 0.321. The van der Waals surface area contributed by atoms with Crippen molar-refractivity contribution in [1.29, 1.82) is 0 Å². The van der Waals surface area contributed by atoms with Crippen LogP contribution in [-0.4, -0.2) is 36.4 Å². The number of carbonyl (C=O) groups is 1. The number of rotatable bonds is 10. The molecule has 2 aromatic heterocycles. The van der Waals surface area contributed by atoms with Gasteiger partial charge in [-0.3, -0.25) is 9.78 Å². The third-order valence-corrected chi connectivity index (χ3v) is 6.05. The van der Waals surface area contributed by atoms with Crippen LogP contribution in [0.2, 0.25) is 0 Å². The lowest BCUT2D eigenvalue weighted by atomic mass is 9.93.